The van der Waals surface area contributed by atoms with Gasteiger partial charge in [0.05, 0.1) is 0 Å². The normalized spacial score (nSPS) is 13.6. The SMILES string of the molecule is CN(C)C/C=C/C(=O)Nc1cccc(Oc2nc(Nc3ccc(N4CCN(C)CC4)cc3)c(C(N)=O)nc2-c2ccccc2)c1. The number of nitrogens with two attached hydrogens (primary N) is 1. The molecule has 0 bridgehead atoms. The minimum atomic E-state index is -0.727. The van der Waals surface area contributed by atoms with Gasteiger partial charge in [-0.3, -0.25) is 9.59 Å². The number of likely N-dealkylation sites (N-methyl/N-ethyl adjacent to an activating group) is 2. The maximum atomic E-state index is 12.6. The molecule has 2 amide bonds. The van der Waals surface area contributed by atoms with E-state index in [2.05, 4.69) is 32.5 Å². The van der Waals surface area contributed by atoms with Gasteiger partial charge in [-0.1, -0.05) is 42.5 Å². The summed E-state index contributed by atoms with van der Waals surface area (Å²) in [6.45, 7) is 4.59. The Morgan fingerprint density at radius 2 is 1.67 bits per heavy atom. The summed E-state index contributed by atoms with van der Waals surface area (Å²) in [6.07, 6.45) is 3.27. The number of hydrogen-bond acceptors (Lipinski definition) is 9. The Bertz CT molecular complexity index is 1650. The van der Waals surface area contributed by atoms with Crippen molar-refractivity contribution in [1.29, 1.82) is 0 Å². The van der Waals surface area contributed by atoms with E-state index in [9.17, 15) is 9.59 Å². The largest absolute Gasteiger partial charge is 0.437 e. The van der Waals surface area contributed by atoms with Gasteiger partial charge in [-0.05, 0) is 57.5 Å². The van der Waals surface area contributed by atoms with Gasteiger partial charge in [0.1, 0.15) is 11.4 Å². The Morgan fingerprint density at radius 3 is 2.36 bits per heavy atom. The minimum absolute atomic E-state index is 0.0186. The van der Waals surface area contributed by atoms with Gasteiger partial charge in [0, 0.05) is 67.5 Å². The predicted molar refractivity (Wildman–Crippen MR) is 178 cm³/mol. The van der Waals surface area contributed by atoms with Gasteiger partial charge >= 0.3 is 0 Å². The number of carbonyl (C=O) groups is 2. The number of ether oxygens (including phenoxy) is 1. The van der Waals surface area contributed by atoms with E-state index in [1.165, 1.54) is 6.08 Å². The van der Waals surface area contributed by atoms with Gasteiger partial charge in [0.25, 0.3) is 5.91 Å². The fourth-order valence-electron chi connectivity index (χ4n) is 4.79. The van der Waals surface area contributed by atoms with Gasteiger partial charge in [0.2, 0.25) is 11.8 Å². The summed E-state index contributed by atoms with van der Waals surface area (Å²) in [5.41, 5.74) is 9.20. The number of carbonyl (C=O) groups excluding carboxylic acids is 2. The van der Waals surface area contributed by atoms with Crippen LogP contribution in [0.15, 0.2) is 91.0 Å². The molecule has 11 heteroatoms. The van der Waals surface area contributed by atoms with Crippen LogP contribution in [0.1, 0.15) is 10.5 Å². The molecule has 0 saturated carbocycles. The first kappa shape index (κ1) is 31.2. The summed E-state index contributed by atoms with van der Waals surface area (Å²) < 4.78 is 6.27. The van der Waals surface area contributed by atoms with Crippen molar-refractivity contribution in [3.63, 3.8) is 0 Å². The molecule has 232 valence electrons. The molecule has 1 fully saturated rings. The van der Waals surface area contributed by atoms with Gasteiger partial charge in [0.15, 0.2) is 11.5 Å². The lowest BCUT2D eigenvalue weighted by Crippen LogP contribution is -2.44. The van der Waals surface area contributed by atoms with Crippen molar-refractivity contribution < 1.29 is 14.3 Å². The van der Waals surface area contributed by atoms with Crippen molar-refractivity contribution in [3.8, 4) is 22.9 Å². The molecule has 11 nitrogen and oxygen atoms in total. The molecule has 0 unspecified atom stereocenters. The highest BCUT2D eigenvalue weighted by molar-refractivity contribution is 5.99. The van der Waals surface area contributed by atoms with Gasteiger partial charge in [-0.15, -0.1) is 0 Å². The van der Waals surface area contributed by atoms with E-state index in [-0.39, 0.29) is 23.3 Å². The zero-order chi connectivity index (χ0) is 31.8. The van der Waals surface area contributed by atoms with Crippen molar-refractivity contribution in [2.45, 2.75) is 0 Å². The number of aromatic nitrogens is 2. The Kier molecular flexibility index (Phi) is 10.0. The molecule has 5 rings (SSSR count). The van der Waals surface area contributed by atoms with Crippen molar-refractivity contribution in [1.82, 2.24) is 19.8 Å². The fraction of sp³-hybridized carbons (Fsp3) is 0.235. The predicted octanol–water partition coefficient (Wildman–Crippen LogP) is 4.59. The second kappa shape index (κ2) is 14.5. The van der Waals surface area contributed by atoms with Gasteiger partial charge in [-0.2, -0.15) is 4.98 Å². The first-order chi connectivity index (χ1) is 21.7. The van der Waals surface area contributed by atoms with Gasteiger partial charge < -0.3 is 35.8 Å². The number of amides is 2. The number of rotatable bonds is 11. The maximum absolute atomic E-state index is 12.6. The van der Waals surface area contributed by atoms with E-state index in [4.69, 9.17) is 15.5 Å². The average molecular weight is 607 g/mol. The number of nitrogens with zero attached hydrogens (tertiary/aromatic N) is 5. The van der Waals surface area contributed by atoms with Crippen LogP contribution in [-0.4, -0.2) is 85.4 Å². The molecule has 2 heterocycles. The Hall–Kier alpha value is -5.26. The molecule has 0 aliphatic carbocycles. The molecular formula is C34H38N8O3. The third-order valence-electron chi connectivity index (χ3n) is 7.20. The van der Waals surface area contributed by atoms with E-state index in [1.54, 1.807) is 30.3 Å². The lowest BCUT2D eigenvalue weighted by molar-refractivity contribution is -0.111. The molecule has 1 aliphatic heterocycles. The number of benzene rings is 3. The number of piperazine rings is 1. The maximum Gasteiger partial charge on any atom is 0.271 e. The monoisotopic (exact) mass is 606 g/mol. The van der Waals surface area contributed by atoms with Gasteiger partial charge in [-0.25, -0.2) is 4.98 Å². The summed E-state index contributed by atoms with van der Waals surface area (Å²) >= 11 is 0. The summed E-state index contributed by atoms with van der Waals surface area (Å²) in [5.74, 6) is -0.229. The molecule has 0 spiro atoms. The summed E-state index contributed by atoms with van der Waals surface area (Å²) in [7, 11) is 5.99. The Balaban J connectivity index is 1.43. The number of primary amides is 1. The van der Waals surface area contributed by atoms with E-state index >= 15 is 0 Å². The topological polar surface area (TPSA) is 129 Å². The second-order valence-corrected chi connectivity index (χ2v) is 11.1. The Morgan fingerprint density at radius 1 is 0.933 bits per heavy atom. The fourth-order valence-corrected chi connectivity index (χ4v) is 4.79. The summed E-state index contributed by atoms with van der Waals surface area (Å²) in [4.78, 5) is 41.0. The third kappa shape index (κ3) is 8.43. The number of anilines is 4. The van der Waals surface area contributed by atoms with E-state index in [0.29, 0.717) is 29.2 Å². The van der Waals surface area contributed by atoms with Crippen LogP contribution >= 0.6 is 0 Å². The molecule has 3 aromatic carbocycles. The minimum Gasteiger partial charge on any atom is -0.437 e. The number of nitrogens with one attached hydrogen (secondary N) is 2. The smallest absolute Gasteiger partial charge is 0.271 e. The quantitative estimate of drug-likeness (QED) is 0.210. The van der Waals surface area contributed by atoms with Crippen LogP contribution in [0.2, 0.25) is 0 Å². The van der Waals surface area contributed by atoms with Crippen LogP contribution in [0.25, 0.3) is 11.3 Å². The highest BCUT2D eigenvalue weighted by Crippen LogP contribution is 2.34. The lowest BCUT2D eigenvalue weighted by atomic mass is 10.1. The molecule has 1 aromatic heterocycles. The van der Waals surface area contributed by atoms with Crippen LogP contribution in [0.3, 0.4) is 0 Å². The Labute approximate surface area is 263 Å². The van der Waals surface area contributed by atoms with Crippen LogP contribution < -0.4 is 26.0 Å². The van der Waals surface area contributed by atoms with Crippen LogP contribution in [-0.2, 0) is 4.79 Å². The van der Waals surface area contributed by atoms with Crippen LogP contribution in [0, 0.1) is 0 Å². The van der Waals surface area contributed by atoms with Crippen molar-refractivity contribution in [3.05, 3.63) is 96.7 Å². The molecule has 1 aliphatic rings. The highest BCUT2D eigenvalue weighted by Gasteiger charge is 2.21. The molecule has 0 atom stereocenters. The lowest BCUT2D eigenvalue weighted by Gasteiger charge is -2.34. The molecule has 1 saturated heterocycles. The van der Waals surface area contributed by atoms with E-state index < -0.39 is 5.91 Å². The average Bonchev–Trinajstić information content (AvgIpc) is 3.02. The van der Waals surface area contributed by atoms with Crippen LogP contribution in [0.4, 0.5) is 22.9 Å². The molecule has 4 aromatic rings. The first-order valence-corrected chi connectivity index (χ1v) is 14.7. The molecule has 4 N–H and O–H groups in total. The molecule has 0 radical (unpaired) electrons. The van der Waals surface area contributed by atoms with E-state index in [1.807, 2.05) is 73.6 Å². The summed E-state index contributed by atoms with van der Waals surface area (Å²) in [5, 5.41) is 6.06. The highest BCUT2D eigenvalue weighted by atomic mass is 16.5. The summed E-state index contributed by atoms with van der Waals surface area (Å²) in [6, 6.07) is 24.2. The standard InChI is InChI=1S/C34H38N8O3/c1-40(2)18-8-13-29(43)36-26-11-7-12-28(23-26)45-34-30(24-9-5-4-6-10-24)38-31(32(35)44)33(39-34)37-25-14-16-27(17-15-25)42-21-19-41(3)20-22-42/h4-17,23H,18-22H2,1-3H3,(H2,35,44)(H,36,43)(H,37,39)/b13-8+. The van der Waals surface area contributed by atoms with Crippen molar-refractivity contribution >= 4 is 34.7 Å². The number of hydrogen-bond donors (Lipinski definition) is 3. The third-order valence-corrected chi connectivity index (χ3v) is 7.20. The molecule has 45 heavy (non-hydrogen) atoms. The zero-order valence-corrected chi connectivity index (χ0v) is 25.7. The van der Waals surface area contributed by atoms with E-state index in [0.717, 1.165) is 37.6 Å². The first-order valence-electron chi connectivity index (χ1n) is 14.7. The second-order valence-electron chi connectivity index (χ2n) is 11.1. The van der Waals surface area contributed by atoms with Crippen LogP contribution in [0.5, 0.6) is 11.6 Å². The van der Waals surface area contributed by atoms with Crippen molar-refractivity contribution in [2.75, 3.05) is 69.4 Å². The zero-order valence-electron chi connectivity index (χ0n) is 25.7. The van der Waals surface area contributed by atoms with Crippen molar-refractivity contribution in [2.24, 2.45) is 5.73 Å². The molecular weight excluding hydrogens is 568 g/mol.